The van der Waals surface area contributed by atoms with Crippen LogP contribution in [-0.2, 0) is 17.8 Å². The number of carbonyl (C=O) groups excluding carboxylic acids is 1. The van der Waals surface area contributed by atoms with Gasteiger partial charge in [0.05, 0.1) is 11.0 Å². The van der Waals surface area contributed by atoms with Crippen molar-refractivity contribution in [2.45, 2.75) is 19.9 Å². The quantitative estimate of drug-likeness (QED) is 0.551. The van der Waals surface area contributed by atoms with Gasteiger partial charge in [0.25, 0.3) is 0 Å². The molecular weight excluding hydrogens is 353 g/mol. The Bertz CT molecular complexity index is 1130. The molecule has 0 saturated heterocycles. The monoisotopic (exact) mass is 373 g/mol. The Morgan fingerprint density at radius 2 is 1.71 bits per heavy atom. The van der Waals surface area contributed by atoms with Crippen molar-refractivity contribution >= 4 is 22.6 Å². The third kappa shape index (κ3) is 3.78. The van der Waals surface area contributed by atoms with Gasteiger partial charge in [0.2, 0.25) is 5.91 Å². The predicted octanol–water partition coefficient (Wildman–Crippen LogP) is 4.71. The van der Waals surface area contributed by atoms with Gasteiger partial charge in [-0.3, -0.25) is 4.79 Å². The molecule has 0 aliphatic rings. The highest BCUT2D eigenvalue weighted by atomic mass is 19.1. The molecule has 0 bridgehead atoms. The van der Waals surface area contributed by atoms with E-state index in [4.69, 9.17) is 4.98 Å². The van der Waals surface area contributed by atoms with Crippen molar-refractivity contribution < 1.29 is 9.18 Å². The van der Waals surface area contributed by atoms with Crippen LogP contribution in [0.1, 0.15) is 17.0 Å². The van der Waals surface area contributed by atoms with Crippen LogP contribution in [-0.4, -0.2) is 15.5 Å². The largest absolute Gasteiger partial charge is 0.325 e. The second-order valence-corrected chi connectivity index (χ2v) is 6.76. The maximum Gasteiger partial charge on any atom is 0.244 e. The number of nitrogens with zero attached hydrogens (tertiary/aromatic N) is 2. The fourth-order valence-electron chi connectivity index (χ4n) is 3.29. The Morgan fingerprint density at radius 3 is 2.50 bits per heavy atom. The minimum Gasteiger partial charge on any atom is -0.325 e. The van der Waals surface area contributed by atoms with Gasteiger partial charge >= 0.3 is 0 Å². The fourth-order valence-corrected chi connectivity index (χ4v) is 3.29. The first-order valence-electron chi connectivity index (χ1n) is 9.14. The molecule has 28 heavy (non-hydrogen) atoms. The SMILES string of the molecule is Cc1ccccc1Cc1nc2ccccc2n1CC(=O)Nc1ccc(F)cc1. The summed E-state index contributed by atoms with van der Waals surface area (Å²) in [5.74, 6) is 0.324. The molecule has 5 heteroatoms. The maximum absolute atomic E-state index is 13.1. The van der Waals surface area contributed by atoms with E-state index in [2.05, 4.69) is 24.4 Å². The molecule has 4 aromatic rings. The van der Waals surface area contributed by atoms with Gasteiger partial charge in [-0.25, -0.2) is 9.37 Å². The molecule has 0 radical (unpaired) electrons. The number of carbonyl (C=O) groups is 1. The van der Waals surface area contributed by atoms with Gasteiger partial charge in [-0.2, -0.15) is 0 Å². The summed E-state index contributed by atoms with van der Waals surface area (Å²) in [6, 6.07) is 21.7. The molecule has 1 aromatic heterocycles. The number of hydrogen-bond acceptors (Lipinski definition) is 2. The molecular formula is C23H20FN3O. The lowest BCUT2D eigenvalue weighted by atomic mass is 10.1. The number of aromatic nitrogens is 2. The number of anilines is 1. The van der Waals surface area contributed by atoms with Crippen LogP contribution < -0.4 is 5.32 Å². The molecule has 0 aliphatic heterocycles. The highest BCUT2D eigenvalue weighted by molar-refractivity contribution is 5.91. The Morgan fingerprint density at radius 1 is 1.00 bits per heavy atom. The normalized spacial score (nSPS) is 10.9. The minimum absolute atomic E-state index is 0.138. The van der Waals surface area contributed by atoms with Gasteiger partial charge < -0.3 is 9.88 Å². The molecule has 3 aromatic carbocycles. The van der Waals surface area contributed by atoms with E-state index in [0.29, 0.717) is 12.1 Å². The third-order valence-electron chi connectivity index (χ3n) is 4.77. The van der Waals surface area contributed by atoms with Crippen molar-refractivity contribution in [2.75, 3.05) is 5.32 Å². The van der Waals surface area contributed by atoms with Crippen LogP contribution in [0.3, 0.4) is 0 Å². The van der Waals surface area contributed by atoms with Crippen molar-refractivity contribution in [1.82, 2.24) is 9.55 Å². The van der Waals surface area contributed by atoms with Crippen LogP contribution in [0.5, 0.6) is 0 Å². The molecule has 4 rings (SSSR count). The Balaban J connectivity index is 1.64. The van der Waals surface area contributed by atoms with E-state index in [1.807, 2.05) is 41.0 Å². The molecule has 1 heterocycles. The van der Waals surface area contributed by atoms with Crippen LogP contribution in [0, 0.1) is 12.7 Å². The van der Waals surface area contributed by atoms with Crippen molar-refractivity contribution in [3.8, 4) is 0 Å². The van der Waals surface area contributed by atoms with Crippen molar-refractivity contribution in [3.05, 3.63) is 95.6 Å². The zero-order valence-corrected chi connectivity index (χ0v) is 15.5. The van der Waals surface area contributed by atoms with E-state index in [1.54, 1.807) is 12.1 Å². The zero-order chi connectivity index (χ0) is 19.5. The van der Waals surface area contributed by atoms with E-state index in [-0.39, 0.29) is 18.3 Å². The van der Waals surface area contributed by atoms with E-state index in [9.17, 15) is 9.18 Å². The third-order valence-corrected chi connectivity index (χ3v) is 4.77. The Labute approximate surface area is 162 Å². The number of benzene rings is 3. The van der Waals surface area contributed by atoms with Crippen LogP contribution >= 0.6 is 0 Å². The van der Waals surface area contributed by atoms with E-state index >= 15 is 0 Å². The van der Waals surface area contributed by atoms with E-state index < -0.39 is 0 Å². The van der Waals surface area contributed by atoms with Crippen LogP contribution in [0.25, 0.3) is 11.0 Å². The topological polar surface area (TPSA) is 46.9 Å². The Kier molecular flexibility index (Phi) is 4.89. The average Bonchev–Trinajstić information content (AvgIpc) is 3.03. The molecule has 0 fully saturated rings. The zero-order valence-electron chi connectivity index (χ0n) is 15.5. The molecule has 0 saturated carbocycles. The summed E-state index contributed by atoms with van der Waals surface area (Å²) >= 11 is 0. The number of imidazole rings is 1. The summed E-state index contributed by atoms with van der Waals surface area (Å²) in [4.78, 5) is 17.4. The second-order valence-electron chi connectivity index (χ2n) is 6.76. The number of rotatable bonds is 5. The Hall–Kier alpha value is -3.47. The fraction of sp³-hybridized carbons (Fsp3) is 0.130. The number of halogens is 1. The van der Waals surface area contributed by atoms with Gasteiger partial charge in [0.15, 0.2) is 0 Å². The van der Waals surface area contributed by atoms with Crippen molar-refractivity contribution in [3.63, 3.8) is 0 Å². The molecule has 0 spiro atoms. The summed E-state index contributed by atoms with van der Waals surface area (Å²) in [6.07, 6.45) is 0.644. The smallest absolute Gasteiger partial charge is 0.244 e. The summed E-state index contributed by atoms with van der Waals surface area (Å²) in [6.45, 7) is 2.21. The van der Waals surface area contributed by atoms with Gasteiger partial charge in [-0.15, -0.1) is 0 Å². The lowest BCUT2D eigenvalue weighted by molar-refractivity contribution is -0.116. The van der Waals surface area contributed by atoms with Gasteiger partial charge in [-0.05, 0) is 54.4 Å². The number of aryl methyl sites for hydroxylation is 1. The predicted molar refractivity (Wildman–Crippen MR) is 109 cm³/mol. The van der Waals surface area contributed by atoms with Crippen LogP contribution in [0.4, 0.5) is 10.1 Å². The number of amides is 1. The van der Waals surface area contributed by atoms with Gasteiger partial charge in [0.1, 0.15) is 18.2 Å². The van der Waals surface area contributed by atoms with Crippen molar-refractivity contribution in [2.24, 2.45) is 0 Å². The lowest BCUT2D eigenvalue weighted by Crippen LogP contribution is -2.20. The molecule has 1 amide bonds. The van der Waals surface area contributed by atoms with Crippen molar-refractivity contribution in [1.29, 1.82) is 0 Å². The number of fused-ring (bicyclic) bond motifs is 1. The molecule has 140 valence electrons. The first-order chi connectivity index (χ1) is 13.6. The first kappa shape index (κ1) is 17.9. The molecule has 0 atom stereocenters. The molecule has 1 N–H and O–H groups in total. The molecule has 4 nitrogen and oxygen atoms in total. The summed E-state index contributed by atoms with van der Waals surface area (Å²) in [7, 11) is 0. The van der Waals surface area contributed by atoms with Crippen LogP contribution in [0.2, 0.25) is 0 Å². The summed E-state index contributed by atoms with van der Waals surface area (Å²) in [5.41, 5.74) is 4.71. The molecule has 0 unspecified atom stereocenters. The number of hydrogen-bond donors (Lipinski definition) is 1. The highest BCUT2D eigenvalue weighted by Gasteiger charge is 2.15. The highest BCUT2D eigenvalue weighted by Crippen LogP contribution is 2.20. The van der Waals surface area contributed by atoms with Gasteiger partial charge in [-0.1, -0.05) is 36.4 Å². The summed E-state index contributed by atoms with van der Waals surface area (Å²) < 4.78 is 15.0. The minimum atomic E-state index is -0.334. The standard InChI is InChI=1S/C23H20FN3O/c1-16-6-2-3-7-17(16)14-22-26-20-8-4-5-9-21(20)27(22)15-23(28)25-19-12-10-18(24)11-13-19/h2-13H,14-15H2,1H3,(H,25,28). The maximum atomic E-state index is 13.1. The van der Waals surface area contributed by atoms with Gasteiger partial charge in [0, 0.05) is 12.1 Å². The van der Waals surface area contributed by atoms with E-state index in [0.717, 1.165) is 16.9 Å². The average molecular weight is 373 g/mol. The first-order valence-corrected chi connectivity index (χ1v) is 9.14. The second kappa shape index (κ2) is 7.64. The van der Waals surface area contributed by atoms with Crippen LogP contribution in [0.15, 0.2) is 72.8 Å². The number of para-hydroxylation sites is 2. The summed E-state index contributed by atoms with van der Waals surface area (Å²) in [5, 5.41) is 2.82. The lowest BCUT2D eigenvalue weighted by Gasteiger charge is -2.11. The molecule has 0 aliphatic carbocycles. The van der Waals surface area contributed by atoms with E-state index in [1.165, 1.54) is 23.3 Å². The number of nitrogens with one attached hydrogen (secondary N) is 1.